The number of ether oxygens (including phenoxy) is 2. The Bertz CT molecular complexity index is 1480. The van der Waals surface area contributed by atoms with Crippen molar-refractivity contribution in [2.45, 2.75) is 24.9 Å². The minimum atomic E-state index is -0.510. The summed E-state index contributed by atoms with van der Waals surface area (Å²) >= 11 is 0. The van der Waals surface area contributed by atoms with E-state index >= 15 is 0 Å². The predicted molar refractivity (Wildman–Crippen MR) is 144 cm³/mol. The number of allylic oxidation sites excluding steroid dienone is 3. The van der Waals surface area contributed by atoms with E-state index in [1.807, 2.05) is 18.2 Å². The van der Waals surface area contributed by atoms with Gasteiger partial charge in [0.1, 0.15) is 30.4 Å². The molecule has 2 fully saturated rings. The van der Waals surface area contributed by atoms with Gasteiger partial charge >= 0.3 is 0 Å². The van der Waals surface area contributed by atoms with Crippen molar-refractivity contribution in [2.75, 3.05) is 46.0 Å². The maximum atomic E-state index is 11.8. The highest BCUT2D eigenvalue weighted by molar-refractivity contribution is 5.90. The maximum Gasteiger partial charge on any atom is 0.248 e. The molecule has 200 valence electrons. The summed E-state index contributed by atoms with van der Waals surface area (Å²) in [4.78, 5) is 28.5. The fourth-order valence-electron chi connectivity index (χ4n) is 5.43. The molecule has 2 aliphatic heterocycles. The van der Waals surface area contributed by atoms with Crippen molar-refractivity contribution in [3.8, 4) is 22.9 Å². The Kier molecular flexibility index (Phi) is 7.00. The largest absolute Gasteiger partial charge is 0.487 e. The summed E-state index contributed by atoms with van der Waals surface area (Å²) in [5, 5.41) is 19.0. The van der Waals surface area contributed by atoms with Crippen LogP contribution in [0.4, 0.5) is 0 Å². The first-order valence-corrected chi connectivity index (χ1v) is 13.3. The first-order valence-electron chi connectivity index (χ1n) is 13.3. The number of imidazole rings is 1. The van der Waals surface area contributed by atoms with Crippen LogP contribution in [0.2, 0.25) is 0 Å². The van der Waals surface area contributed by atoms with Crippen molar-refractivity contribution in [3.63, 3.8) is 0 Å². The highest BCUT2D eigenvalue weighted by Gasteiger charge is 2.28. The zero-order valence-electron chi connectivity index (χ0n) is 21.5. The van der Waals surface area contributed by atoms with Crippen molar-refractivity contribution in [1.82, 2.24) is 24.8 Å². The lowest BCUT2D eigenvalue weighted by Crippen LogP contribution is -2.35. The number of carbonyl (C=O) groups excluding carboxylic acids is 1. The second kappa shape index (κ2) is 10.9. The van der Waals surface area contributed by atoms with Gasteiger partial charge < -0.3 is 29.4 Å². The third kappa shape index (κ3) is 5.11. The first-order chi connectivity index (χ1) is 19.1. The highest BCUT2D eigenvalue weighted by atomic mass is 16.5. The Morgan fingerprint density at radius 1 is 1.26 bits per heavy atom. The lowest BCUT2D eigenvalue weighted by atomic mass is 9.98. The van der Waals surface area contributed by atoms with E-state index in [1.165, 1.54) is 5.70 Å². The number of morpholine rings is 1. The fourth-order valence-corrected chi connectivity index (χ4v) is 5.43. The van der Waals surface area contributed by atoms with E-state index in [0.29, 0.717) is 36.5 Å². The van der Waals surface area contributed by atoms with Crippen molar-refractivity contribution < 1.29 is 19.4 Å². The number of rotatable bonds is 6. The molecule has 1 amide bonds. The molecule has 2 saturated heterocycles. The van der Waals surface area contributed by atoms with E-state index in [2.05, 4.69) is 39.2 Å². The monoisotopic (exact) mass is 526 g/mol. The molecule has 3 aliphatic rings. The predicted octanol–water partition coefficient (Wildman–Crippen LogP) is 2.73. The molecular weight excluding hydrogens is 496 g/mol. The van der Waals surface area contributed by atoms with Gasteiger partial charge in [0.15, 0.2) is 5.65 Å². The van der Waals surface area contributed by atoms with Gasteiger partial charge in [-0.3, -0.25) is 4.79 Å². The van der Waals surface area contributed by atoms with Gasteiger partial charge in [-0.15, -0.1) is 0 Å². The van der Waals surface area contributed by atoms with Crippen LogP contribution in [-0.4, -0.2) is 87.9 Å². The average Bonchev–Trinajstić information content (AvgIpc) is 3.65. The quantitative estimate of drug-likeness (QED) is 0.502. The molecule has 0 bridgehead atoms. The molecule has 2 aromatic heterocycles. The second-order valence-electron chi connectivity index (χ2n) is 9.96. The lowest BCUT2D eigenvalue weighted by molar-refractivity contribution is -0.133. The van der Waals surface area contributed by atoms with Gasteiger partial charge in [0.25, 0.3) is 0 Å². The van der Waals surface area contributed by atoms with E-state index < -0.39 is 6.61 Å². The molecule has 1 aromatic carbocycles. The number of amides is 1. The molecule has 2 N–H and O–H groups in total. The van der Waals surface area contributed by atoms with Crippen LogP contribution in [0.5, 0.6) is 5.75 Å². The molecule has 1 aliphatic carbocycles. The number of aliphatic hydroxyl groups is 1. The van der Waals surface area contributed by atoms with Crippen molar-refractivity contribution in [3.05, 3.63) is 65.8 Å². The van der Waals surface area contributed by atoms with Gasteiger partial charge in [-0.05, 0) is 36.3 Å². The molecule has 2 atom stereocenters. The SMILES string of the molecule is N#Cc1cc(-c2ccnc3nc(C4C=CC(N5CCOCC5)=CC4)[nH]c23)ccc1OC1CCN(C(=O)CO)C1. The Morgan fingerprint density at radius 3 is 2.90 bits per heavy atom. The number of aliphatic hydroxyl groups excluding tert-OH is 1. The number of nitrogens with zero attached hydrogens (tertiary/aromatic N) is 5. The zero-order chi connectivity index (χ0) is 26.8. The summed E-state index contributed by atoms with van der Waals surface area (Å²) in [6, 6.07) is 9.71. The number of hydrogen-bond acceptors (Lipinski definition) is 8. The first kappa shape index (κ1) is 25.1. The molecule has 10 heteroatoms. The van der Waals surface area contributed by atoms with Crippen LogP contribution in [0.3, 0.4) is 0 Å². The Labute approximate surface area is 226 Å². The summed E-state index contributed by atoms with van der Waals surface area (Å²) in [7, 11) is 0. The summed E-state index contributed by atoms with van der Waals surface area (Å²) in [6.45, 7) is 3.76. The number of nitrogens with one attached hydrogen (secondary N) is 1. The second-order valence-corrected chi connectivity index (χ2v) is 9.96. The Balaban J connectivity index is 1.21. The van der Waals surface area contributed by atoms with Gasteiger partial charge in [0.2, 0.25) is 5.91 Å². The number of hydrogen-bond donors (Lipinski definition) is 2. The van der Waals surface area contributed by atoms with Crippen LogP contribution < -0.4 is 4.74 Å². The van der Waals surface area contributed by atoms with Gasteiger partial charge in [-0.25, -0.2) is 9.97 Å². The third-order valence-electron chi connectivity index (χ3n) is 7.56. The number of carbonyl (C=O) groups is 1. The summed E-state index contributed by atoms with van der Waals surface area (Å²) in [6.07, 6.45) is 9.64. The molecule has 0 saturated carbocycles. The normalized spacial score (nSPS) is 21.2. The van der Waals surface area contributed by atoms with Crippen molar-refractivity contribution >= 4 is 17.1 Å². The van der Waals surface area contributed by atoms with Gasteiger partial charge in [-0.1, -0.05) is 18.2 Å². The molecule has 10 nitrogen and oxygen atoms in total. The molecule has 0 spiro atoms. The topological polar surface area (TPSA) is 128 Å². The zero-order valence-corrected chi connectivity index (χ0v) is 21.5. The number of aromatic amines is 1. The smallest absolute Gasteiger partial charge is 0.248 e. The molecule has 4 heterocycles. The van der Waals surface area contributed by atoms with Crippen LogP contribution >= 0.6 is 0 Å². The van der Waals surface area contributed by atoms with Crippen LogP contribution in [0.15, 0.2) is 54.4 Å². The number of fused-ring (bicyclic) bond motifs is 1. The molecule has 2 unspecified atom stereocenters. The van der Waals surface area contributed by atoms with Gasteiger partial charge in [-0.2, -0.15) is 5.26 Å². The molecule has 39 heavy (non-hydrogen) atoms. The summed E-state index contributed by atoms with van der Waals surface area (Å²) in [5.74, 6) is 1.17. The summed E-state index contributed by atoms with van der Waals surface area (Å²) in [5.41, 5.74) is 4.89. The summed E-state index contributed by atoms with van der Waals surface area (Å²) < 4.78 is 11.6. The van der Waals surface area contributed by atoms with Gasteiger partial charge in [0, 0.05) is 49.4 Å². The Hall–Kier alpha value is -4.20. The van der Waals surface area contributed by atoms with Crippen LogP contribution in [-0.2, 0) is 9.53 Å². The van der Waals surface area contributed by atoms with Crippen LogP contribution in [0.25, 0.3) is 22.3 Å². The van der Waals surface area contributed by atoms with Crippen molar-refractivity contribution in [1.29, 1.82) is 5.26 Å². The van der Waals surface area contributed by atoms with Crippen LogP contribution in [0.1, 0.15) is 30.1 Å². The number of nitriles is 1. The standard InChI is InChI=1S/C29H30N6O4/c30-16-21-15-20(3-6-25(21)39-23-8-10-35(17-23)26(37)18-36)24-7-9-31-29-27(24)32-28(33-29)19-1-4-22(5-2-19)34-11-13-38-14-12-34/h1,3-7,9,15,19,23,36H,2,8,10-14,17-18H2,(H,31,32,33). The van der Waals surface area contributed by atoms with Crippen molar-refractivity contribution in [2.24, 2.45) is 0 Å². The number of H-pyrrole nitrogens is 1. The number of likely N-dealkylation sites (tertiary alicyclic amines) is 1. The average molecular weight is 527 g/mol. The highest BCUT2D eigenvalue weighted by Crippen LogP contribution is 2.33. The van der Waals surface area contributed by atoms with Gasteiger partial charge in [0.05, 0.1) is 30.8 Å². The third-order valence-corrected chi connectivity index (χ3v) is 7.56. The minimum Gasteiger partial charge on any atom is -0.487 e. The maximum absolute atomic E-state index is 11.8. The van der Waals surface area contributed by atoms with E-state index in [0.717, 1.165) is 55.2 Å². The number of aromatic nitrogens is 3. The van der Waals surface area contributed by atoms with E-state index in [1.54, 1.807) is 17.2 Å². The number of benzene rings is 1. The van der Waals surface area contributed by atoms with E-state index in [-0.39, 0.29) is 17.9 Å². The van der Waals surface area contributed by atoms with E-state index in [4.69, 9.17) is 19.6 Å². The fraction of sp³-hybridized carbons (Fsp3) is 0.379. The molecule has 0 radical (unpaired) electrons. The van der Waals surface area contributed by atoms with Crippen LogP contribution in [0, 0.1) is 11.3 Å². The van der Waals surface area contributed by atoms with E-state index in [9.17, 15) is 10.1 Å². The minimum absolute atomic E-state index is 0.131. The lowest BCUT2D eigenvalue weighted by Gasteiger charge is -2.31. The molecular formula is C29H30N6O4. The Morgan fingerprint density at radius 2 is 2.13 bits per heavy atom. The molecule has 3 aromatic rings. The number of pyridine rings is 1. The molecule has 6 rings (SSSR count).